The molecule has 4 aliphatic rings. The van der Waals surface area contributed by atoms with E-state index in [1.165, 1.54) is 13.2 Å². The topological polar surface area (TPSA) is 176 Å². The minimum Gasteiger partial charge on any atom is -0.371 e. The van der Waals surface area contributed by atoms with Crippen LogP contribution in [-0.4, -0.2) is 120 Å². The van der Waals surface area contributed by atoms with Gasteiger partial charge in [0.25, 0.3) is 5.91 Å². The number of imide groups is 1. The molecule has 63 heavy (non-hydrogen) atoms. The molecule has 3 fully saturated rings. The molecule has 16 nitrogen and oxygen atoms in total. The number of sulfonamides is 1. The molecular formula is C42H47BrF3N11O5S. The van der Waals surface area contributed by atoms with Gasteiger partial charge in [0.15, 0.2) is 0 Å². The number of hydrogen-bond donors (Lipinski definition) is 3. The van der Waals surface area contributed by atoms with Crippen LogP contribution in [0.4, 0.5) is 42.1 Å². The molecule has 0 spiro atoms. The van der Waals surface area contributed by atoms with E-state index in [-0.39, 0.29) is 36.5 Å². The van der Waals surface area contributed by atoms with E-state index in [0.29, 0.717) is 42.0 Å². The summed E-state index contributed by atoms with van der Waals surface area (Å²) in [7, 11) is -2.35. The minimum absolute atomic E-state index is 0.0474. The third-order valence-corrected chi connectivity index (χ3v) is 13.9. The Labute approximate surface area is 371 Å². The molecule has 3 saturated heterocycles. The standard InChI is InChI=1S/C42H47BrF3N11O5S/c1-53(63(2,61)62)38-27(4-3-13-47-38)22-48-37-32(42(44,45)46)23-49-41(52-37)50-29-5-7-30(8-6-29)55-14-11-31(12-15-55)56-18-16-54(17-19-56)24-26-20-28-25-57(40(60)36(28)33(43)21-26)34-9-10-35(58)51-39(34)59/h3-8,13,20-21,23,31,34H,9-12,14-19,22,24-25H2,1-2H3,(H,51,58,59)(H2,48,49,50,52). The number of piperazine rings is 1. The van der Waals surface area contributed by atoms with Crippen LogP contribution in [0.15, 0.2) is 65.4 Å². The van der Waals surface area contributed by atoms with Crippen LogP contribution in [0.25, 0.3) is 0 Å². The lowest BCUT2D eigenvalue weighted by Crippen LogP contribution is -2.53. The molecule has 4 aliphatic heterocycles. The summed E-state index contributed by atoms with van der Waals surface area (Å²) in [6, 6.07) is 14.6. The SMILES string of the molecule is CN(c1ncccc1CNc1nc(Nc2ccc(N3CCC(N4CCN(Cc5cc(Br)c6c(c5)CN(C5CCC(=O)NC5=O)C6=O)CC4)CC3)cc2)ncc1C(F)(F)F)S(C)(=O)=O. The fourth-order valence-corrected chi connectivity index (χ4v) is 9.90. The Kier molecular flexibility index (Phi) is 12.6. The number of carbonyl (C=O) groups excluding carboxylic acids is 3. The van der Waals surface area contributed by atoms with E-state index in [9.17, 15) is 36.0 Å². The van der Waals surface area contributed by atoms with Crippen molar-refractivity contribution in [3.05, 3.63) is 93.2 Å². The van der Waals surface area contributed by atoms with Crippen molar-refractivity contribution in [1.82, 2.24) is 35.0 Å². The number of alkyl halides is 3. The first-order valence-corrected chi connectivity index (χ1v) is 23.3. The number of nitrogens with one attached hydrogen (secondary N) is 3. The number of benzene rings is 2. The highest BCUT2D eigenvalue weighted by molar-refractivity contribution is 9.10. The number of fused-ring (bicyclic) bond motifs is 1. The molecule has 0 radical (unpaired) electrons. The zero-order chi connectivity index (χ0) is 44.6. The molecule has 3 N–H and O–H groups in total. The van der Waals surface area contributed by atoms with Crippen LogP contribution in [0.5, 0.6) is 0 Å². The summed E-state index contributed by atoms with van der Waals surface area (Å²) in [5.74, 6) is -1.35. The van der Waals surface area contributed by atoms with Gasteiger partial charge >= 0.3 is 6.18 Å². The maximum absolute atomic E-state index is 14.0. The monoisotopic (exact) mass is 953 g/mol. The third kappa shape index (κ3) is 9.90. The molecule has 8 rings (SSSR count). The summed E-state index contributed by atoms with van der Waals surface area (Å²) < 4.78 is 67.9. The molecule has 334 valence electrons. The number of rotatable bonds is 12. The Morgan fingerprint density at radius 3 is 2.38 bits per heavy atom. The van der Waals surface area contributed by atoms with Gasteiger partial charge < -0.3 is 20.4 Å². The summed E-state index contributed by atoms with van der Waals surface area (Å²) in [6.07, 6.45) is 0.938. The highest BCUT2D eigenvalue weighted by Crippen LogP contribution is 2.36. The van der Waals surface area contributed by atoms with Gasteiger partial charge in [-0.15, -0.1) is 0 Å². The molecule has 2 aromatic heterocycles. The van der Waals surface area contributed by atoms with Crippen molar-refractivity contribution < 1.29 is 36.0 Å². The van der Waals surface area contributed by atoms with Crippen molar-refractivity contribution in [3.63, 3.8) is 0 Å². The zero-order valence-electron chi connectivity index (χ0n) is 34.7. The van der Waals surface area contributed by atoms with Crippen LogP contribution >= 0.6 is 15.9 Å². The summed E-state index contributed by atoms with van der Waals surface area (Å²) in [6.45, 7) is 6.40. The molecular weight excluding hydrogens is 907 g/mol. The van der Waals surface area contributed by atoms with E-state index in [1.54, 1.807) is 17.0 Å². The second-order valence-electron chi connectivity index (χ2n) is 16.2. The lowest BCUT2D eigenvalue weighted by molar-refractivity contribution is -0.138. The summed E-state index contributed by atoms with van der Waals surface area (Å²) in [5.41, 5.74) is 3.49. The lowest BCUT2D eigenvalue weighted by Gasteiger charge is -2.43. The summed E-state index contributed by atoms with van der Waals surface area (Å²) in [5, 5.41) is 8.07. The van der Waals surface area contributed by atoms with E-state index >= 15 is 0 Å². The summed E-state index contributed by atoms with van der Waals surface area (Å²) in [4.78, 5) is 58.6. The van der Waals surface area contributed by atoms with Gasteiger partial charge in [-0.2, -0.15) is 18.2 Å². The number of halogens is 4. The van der Waals surface area contributed by atoms with Crippen molar-refractivity contribution in [1.29, 1.82) is 0 Å². The summed E-state index contributed by atoms with van der Waals surface area (Å²) >= 11 is 3.62. The number of pyridine rings is 1. The predicted molar refractivity (Wildman–Crippen MR) is 234 cm³/mol. The fourth-order valence-electron chi connectivity index (χ4n) is 8.70. The highest BCUT2D eigenvalue weighted by atomic mass is 79.9. The Morgan fingerprint density at radius 1 is 0.968 bits per heavy atom. The Morgan fingerprint density at radius 2 is 1.70 bits per heavy atom. The van der Waals surface area contributed by atoms with Crippen LogP contribution < -0.4 is 25.2 Å². The van der Waals surface area contributed by atoms with Gasteiger partial charge in [-0.3, -0.25) is 33.8 Å². The smallest absolute Gasteiger partial charge is 0.371 e. The molecule has 0 bridgehead atoms. The van der Waals surface area contributed by atoms with Gasteiger partial charge in [0, 0.05) is 112 Å². The van der Waals surface area contributed by atoms with E-state index in [2.05, 4.69) is 67.6 Å². The van der Waals surface area contributed by atoms with Gasteiger partial charge in [0.05, 0.1) is 11.8 Å². The molecule has 2 aromatic carbocycles. The van der Waals surface area contributed by atoms with E-state index in [1.807, 2.05) is 30.3 Å². The van der Waals surface area contributed by atoms with Crippen LogP contribution in [0.2, 0.25) is 0 Å². The highest BCUT2D eigenvalue weighted by Gasteiger charge is 2.40. The maximum Gasteiger partial charge on any atom is 0.421 e. The number of aromatic nitrogens is 3. The van der Waals surface area contributed by atoms with Crippen molar-refractivity contribution in [2.75, 3.05) is 72.4 Å². The van der Waals surface area contributed by atoms with Crippen molar-refractivity contribution in [2.24, 2.45) is 0 Å². The van der Waals surface area contributed by atoms with Gasteiger partial charge in [-0.05, 0) is 82.7 Å². The molecule has 0 saturated carbocycles. The number of amides is 3. The van der Waals surface area contributed by atoms with Crippen molar-refractivity contribution in [2.45, 2.75) is 63.6 Å². The molecule has 1 unspecified atom stereocenters. The Bertz CT molecular complexity index is 2500. The molecule has 0 aliphatic carbocycles. The maximum atomic E-state index is 14.0. The lowest BCUT2D eigenvalue weighted by atomic mass is 10.0. The van der Waals surface area contributed by atoms with Gasteiger partial charge in [0.2, 0.25) is 27.8 Å². The molecule has 4 aromatic rings. The van der Waals surface area contributed by atoms with E-state index in [4.69, 9.17) is 0 Å². The van der Waals surface area contributed by atoms with E-state index < -0.39 is 39.5 Å². The van der Waals surface area contributed by atoms with Gasteiger partial charge in [0.1, 0.15) is 23.2 Å². The normalized spacial score (nSPS) is 19.3. The number of hydrogen-bond acceptors (Lipinski definition) is 13. The average molecular weight is 955 g/mol. The number of nitrogens with zero attached hydrogens (tertiary/aromatic N) is 8. The van der Waals surface area contributed by atoms with Crippen molar-refractivity contribution in [3.8, 4) is 0 Å². The second kappa shape index (κ2) is 18.0. The van der Waals surface area contributed by atoms with Gasteiger partial charge in [-0.25, -0.2) is 18.4 Å². The largest absolute Gasteiger partial charge is 0.421 e. The van der Waals surface area contributed by atoms with Crippen LogP contribution in [0.1, 0.15) is 58.3 Å². The Balaban J connectivity index is 0.820. The van der Waals surface area contributed by atoms with Crippen LogP contribution in [0.3, 0.4) is 0 Å². The minimum atomic E-state index is -4.75. The molecule has 3 amide bonds. The second-order valence-corrected chi connectivity index (χ2v) is 19.1. The first-order chi connectivity index (χ1) is 30.0. The molecule has 21 heteroatoms. The third-order valence-electron chi connectivity index (χ3n) is 12.1. The quantitative estimate of drug-likeness (QED) is 0.163. The first-order valence-electron chi connectivity index (χ1n) is 20.6. The van der Waals surface area contributed by atoms with Gasteiger partial charge in [-0.1, -0.05) is 12.1 Å². The zero-order valence-corrected chi connectivity index (χ0v) is 37.1. The van der Waals surface area contributed by atoms with E-state index in [0.717, 1.165) is 90.5 Å². The molecule has 1 atom stereocenters. The average Bonchev–Trinajstić information content (AvgIpc) is 3.58. The van der Waals surface area contributed by atoms with Crippen LogP contribution in [-0.2, 0) is 45.4 Å². The number of anilines is 5. The fraction of sp³-hybridized carbons (Fsp3) is 0.429. The molecule has 6 heterocycles. The van der Waals surface area contributed by atoms with Crippen molar-refractivity contribution >= 4 is 72.6 Å². The first kappa shape index (κ1) is 44.2. The number of carbonyl (C=O) groups is 3. The number of piperidine rings is 2. The van der Waals surface area contributed by atoms with Crippen LogP contribution in [0, 0.1) is 0 Å². The Hall–Kier alpha value is -5.38. The predicted octanol–water partition coefficient (Wildman–Crippen LogP) is 4.95.